The van der Waals surface area contributed by atoms with Crippen LogP contribution in [0.15, 0.2) is 18.3 Å². The van der Waals surface area contributed by atoms with Gasteiger partial charge in [-0.1, -0.05) is 0 Å². The van der Waals surface area contributed by atoms with Crippen LogP contribution in [0.4, 0.5) is 4.39 Å². The molecular weight excluding hydrogens is 297 g/mol. The maximum atomic E-state index is 13.8. The van der Waals surface area contributed by atoms with Crippen molar-refractivity contribution in [1.82, 2.24) is 19.5 Å². The Morgan fingerprint density at radius 1 is 1.52 bits per heavy atom. The minimum atomic E-state index is -0.657. The first-order valence-corrected chi connectivity index (χ1v) is 7.67. The quantitative estimate of drug-likeness (QED) is 0.747. The molecular formula is C16H16FN5O. The fourth-order valence-corrected chi connectivity index (χ4v) is 4.38. The highest BCUT2D eigenvalue weighted by molar-refractivity contribution is 6.05. The lowest BCUT2D eigenvalue weighted by Crippen LogP contribution is -2.22. The number of piperidine rings is 1. The zero-order valence-electron chi connectivity index (χ0n) is 12.6. The minimum absolute atomic E-state index is 0.142. The van der Waals surface area contributed by atoms with Gasteiger partial charge in [0.05, 0.1) is 11.1 Å². The Morgan fingerprint density at radius 3 is 3.04 bits per heavy atom. The molecule has 0 bridgehead atoms. The molecule has 1 aromatic carbocycles. The van der Waals surface area contributed by atoms with Gasteiger partial charge in [0.2, 0.25) is 0 Å². The van der Waals surface area contributed by atoms with Crippen molar-refractivity contribution in [3.63, 3.8) is 0 Å². The number of primary amides is 1. The van der Waals surface area contributed by atoms with Crippen molar-refractivity contribution in [2.24, 2.45) is 11.7 Å². The van der Waals surface area contributed by atoms with E-state index in [9.17, 15) is 9.18 Å². The van der Waals surface area contributed by atoms with Crippen molar-refractivity contribution in [3.05, 3.63) is 35.3 Å². The summed E-state index contributed by atoms with van der Waals surface area (Å²) in [5.74, 6) is -0.508. The highest BCUT2D eigenvalue weighted by Gasteiger charge is 2.61. The van der Waals surface area contributed by atoms with Gasteiger partial charge in [-0.3, -0.25) is 9.89 Å². The van der Waals surface area contributed by atoms with Crippen LogP contribution in [0, 0.1) is 11.7 Å². The number of hydrogen-bond donors (Lipinski definition) is 2. The van der Waals surface area contributed by atoms with Gasteiger partial charge >= 0.3 is 0 Å². The molecule has 7 heteroatoms. The van der Waals surface area contributed by atoms with Crippen LogP contribution < -0.4 is 5.73 Å². The van der Waals surface area contributed by atoms with Gasteiger partial charge in [0.1, 0.15) is 11.3 Å². The molecule has 3 aromatic rings. The number of imidazole rings is 1. The number of aromatic amines is 1. The molecule has 1 aliphatic carbocycles. The van der Waals surface area contributed by atoms with Crippen molar-refractivity contribution in [2.45, 2.75) is 11.8 Å². The maximum Gasteiger partial charge on any atom is 0.251 e. The molecule has 1 saturated carbocycles. The Morgan fingerprint density at radius 2 is 2.35 bits per heavy atom. The molecule has 1 amide bonds. The van der Waals surface area contributed by atoms with Crippen molar-refractivity contribution >= 4 is 22.6 Å². The van der Waals surface area contributed by atoms with Crippen LogP contribution in [-0.2, 0) is 5.41 Å². The van der Waals surface area contributed by atoms with Gasteiger partial charge in [-0.05, 0) is 25.5 Å². The number of H-pyrrole nitrogens is 1. The second-order valence-electron chi connectivity index (χ2n) is 6.90. The molecule has 118 valence electrons. The monoisotopic (exact) mass is 313 g/mol. The Hall–Kier alpha value is -2.41. The summed E-state index contributed by atoms with van der Waals surface area (Å²) in [5, 5.41) is 3.17. The number of benzene rings is 1. The summed E-state index contributed by atoms with van der Waals surface area (Å²) >= 11 is 0. The fraction of sp³-hybridized carbons (Fsp3) is 0.375. The van der Waals surface area contributed by atoms with E-state index in [-0.39, 0.29) is 11.0 Å². The van der Waals surface area contributed by atoms with Gasteiger partial charge < -0.3 is 10.6 Å². The third kappa shape index (κ3) is 1.55. The average Bonchev–Trinajstić information content (AvgIpc) is 2.82. The Bertz CT molecular complexity index is 989. The fourth-order valence-electron chi connectivity index (χ4n) is 4.38. The van der Waals surface area contributed by atoms with Gasteiger partial charge in [-0.2, -0.15) is 0 Å². The van der Waals surface area contributed by atoms with Gasteiger partial charge in [0.15, 0.2) is 5.65 Å². The zero-order chi connectivity index (χ0) is 15.9. The predicted molar refractivity (Wildman–Crippen MR) is 82.8 cm³/mol. The first kappa shape index (κ1) is 13.1. The number of aromatic nitrogens is 3. The minimum Gasteiger partial charge on any atom is -0.366 e. The number of likely N-dealkylation sites (tertiary alicyclic amines) is 1. The molecule has 1 saturated heterocycles. The van der Waals surface area contributed by atoms with Crippen LogP contribution >= 0.6 is 0 Å². The molecule has 5 rings (SSSR count). The molecule has 2 aliphatic rings. The Labute approximate surface area is 131 Å². The van der Waals surface area contributed by atoms with Crippen molar-refractivity contribution in [1.29, 1.82) is 0 Å². The number of amides is 1. The molecule has 2 unspecified atom stereocenters. The summed E-state index contributed by atoms with van der Waals surface area (Å²) in [6.07, 6.45) is 3.13. The highest BCUT2D eigenvalue weighted by Crippen LogP contribution is 2.59. The Balaban J connectivity index is 1.79. The van der Waals surface area contributed by atoms with E-state index in [1.807, 2.05) is 6.20 Å². The molecule has 2 aromatic heterocycles. The SMILES string of the molecule is CN1CC2CC2(c2c[nH]n3c2nc2cc(F)cc(C(N)=O)c23)C1. The van der Waals surface area contributed by atoms with Crippen molar-refractivity contribution < 1.29 is 9.18 Å². The number of carbonyl (C=O) groups is 1. The molecule has 1 aliphatic heterocycles. The maximum absolute atomic E-state index is 13.8. The summed E-state index contributed by atoms with van der Waals surface area (Å²) in [4.78, 5) is 18.6. The first-order chi connectivity index (χ1) is 11.0. The zero-order valence-corrected chi connectivity index (χ0v) is 12.6. The molecule has 3 heterocycles. The number of nitrogens with one attached hydrogen (secondary N) is 1. The van der Waals surface area contributed by atoms with Crippen LogP contribution in [0.1, 0.15) is 22.3 Å². The van der Waals surface area contributed by atoms with Crippen molar-refractivity contribution in [3.8, 4) is 0 Å². The molecule has 2 atom stereocenters. The van der Waals surface area contributed by atoms with E-state index in [1.54, 1.807) is 4.52 Å². The van der Waals surface area contributed by atoms with E-state index in [1.165, 1.54) is 12.1 Å². The number of fused-ring (bicyclic) bond motifs is 4. The van der Waals surface area contributed by atoms with E-state index >= 15 is 0 Å². The van der Waals surface area contributed by atoms with Crippen LogP contribution in [-0.4, -0.2) is 45.5 Å². The van der Waals surface area contributed by atoms with E-state index < -0.39 is 11.7 Å². The first-order valence-electron chi connectivity index (χ1n) is 7.67. The normalized spacial score (nSPS) is 27.0. The number of carbonyl (C=O) groups excluding carboxylic acids is 1. The summed E-state index contributed by atoms with van der Waals surface area (Å²) in [7, 11) is 2.13. The number of nitrogens with zero attached hydrogens (tertiary/aromatic N) is 3. The average molecular weight is 313 g/mol. The Kier molecular flexibility index (Phi) is 2.22. The second kappa shape index (κ2) is 3.91. The van der Waals surface area contributed by atoms with Crippen LogP contribution in [0.5, 0.6) is 0 Å². The summed E-state index contributed by atoms with van der Waals surface area (Å²) in [6.45, 7) is 2.10. The van der Waals surface area contributed by atoms with Crippen LogP contribution in [0.2, 0.25) is 0 Å². The van der Waals surface area contributed by atoms with Crippen LogP contribution in [0.3, 0.4) is 0 Å². The smallest absolute Gasteiger partial charge is 0.251 e. The lowest BCUT2D eigenvalue weighted by Gasteiger charge is -2.14. The topological polar surface area (TPSA) is 79.4 Å². The summed E-state index contributed by atoms with van der Waals surface area (Å²) in [5.41, 5.74) is 8.62. The number of likely N-dealkylation sites (N-methyl/N-ethyl adjacent to an activating group) is 1. The molecule has 3 N–H and O–H groups in total. The van der Waals surface area contributed by atoms with Gasteiger partial charge in [0, 0.05) is 36.3 Å². The molecule has 6 nitrogen and oxygen atoms in total. The van der Waals surface area contributed by atoms with E-state index in [2.05, 4.69) is 22.0 Å². The molecule has 0 spiro atoms. The molecule has 2 fully saturated rings. The third-order valence-corrected chi connectivity index (χ3v) is 5.41. The van der Waals surface area contributed by atoms with Gasteiger partial charge in [-0.25, -0.2) is 13.9 Å². The lowest BCUT2D eigenvalue weighted by atomic mass is 9.98. The molecule has 23 heavy (non-hydrogen) atoms. The standard InChI is InChI=1S/C16H16FN5O/c1-21-6-8-4-16(8,7-21)11-5-19-22-13-10(14(18)23)2-9(17)3-12(13)20-15(11)22/h2-3,5,8,19H,4,6-7H2,1H3,(H2,18,23). The van der Waals surface area contributed by atoms with Crippen LogP contribution in [0.25, 0.3) is 16.7 Å². The number of hydrogen-bond acceptors (Lipinski definition) is 3. The van der Waals surface area contributed by atoms with Crippen molar-refractivity contribution in [2.75, 3.05) is 20.1 Å². The number of halogens is 1. The predicted octanol–water partition coefficient (Wildman–Crippen LogP) is 1.26. The number of nitrogens with two attached hydrogens (primary N) is 1. The van der Waals surface area contributed by atoms with E-state index in [0.717, 1.165) is 30.7 Å². The number of rotatable bonds is 2. The third-order valence-electron chi connectivity index (χ3n) is 5.41. The van der Waals surface area contributed by atoms with E-state index in [0.29, 0.717) is 17.0 Å². The second-order valence-corrected chi connectivity index (χ2v) is 6.90. The van der Waals surface area contributed by atoms with Gasteiger partial charge in [-0.15, -0.1) is 0 Å². The highest BCUT2D eigenvalue weighted by atomic mass is 19.1. The van der Waals surface area contributed by atoms with Gasteiger partial charge in [0.25, 0.3) is 5.91 Å². The van der Waals surface area contributed by atoms with E-state index in [4.69, 9.17) is 5.73 Å². The largest absolute Gasteiger partial charge is 0.366 e. The lowest BCUT2D eigenvalue weighted by molar-refractivity contribution is 0.100. The molecule has 0 radical (unpaired) electrons. The summed E-state index contributed by atoms with van der Waals surface area (Å²) in [6, 6.07) is 2.51. The summed E-state index contributed by atoms with van der Waals surface area (Å²) < 4.78 is 15.5.